The fourth-order valence-electron chi connectivity index (χ4n) is 9.37. The van der Waals surface area contributed by atoms with E-state index in [0.717, 1.165) is 0 Å². The molecule has 476 valence electrons. The minimum absolute atomic E-state index is 1.11. The van der Waals surface area contributed by atoms with Crippen molar-refractivity contribution in [2.75, 3.05) is 19.8 Å². The number of hydrogen-bond donors (Lipinski definition) is 23. The van der Waals surface area contributed by atoms with Crippen LogP contribution in [0.1, 0.15) is 0 Å². The number of nitrogens with one attached hydrogen (secondary N) is 3. The molecule has 6 fully saturated rings. The van der Waals surface area contributed by atoms with Crippen LogP contribution in [0.25, 0.3) is 0 Å². The van der Waals surface area contributed by atoms with E-state index >= 15 is 0 Å². The lowest BCUT2D eigenvalue weighted by atomic mass is 9.94. The summed E-state index contributed by atoms with van der Waals surface area (Å²) in [7, 11) is -16.5. The highest BCUT2D eigenvalue weighted by Gasteiger charge is 2.60. The maximum atomic E-state index is 12.7. The summed E-state index contributed by atoms with van der Waals surface area (Å²) in [6.45, 7) is -3.85. The van der Waals surface area contributed by atoms with Gasteiger partial charge in [-0.25, -0.2) is 14.4 Å². The molecular weight excluding hydrogens is 1210 g/mol. The molecule has 6 rings (SSSR count). The van der Waals surface area contributed by atoms with Gasteiger partial charge in [0.05, 0.1) is 19.8 Å². The summed E-state index contributed by atoms with van der Waals surface area (Å²) < 4.78 is 164. The first kappa shape index (κ1) is 68.1. The van der Waals surface area contributed by atoms with Gasteiger partial charge in [0.15, 0.2) is 56.1 Å². The first-order valence-corrected chi connectivity index (χ1v) is 27.7. The summed E-state index contributed by atoms with van der Waals surface area (Å²) in [5, 5.41) is 180. The number of aliphatic hydroxyl groups excluding tert-OH is 14. The highest BCUT2D eigenvalue weighted by molar-refractivity contribution is 7.84. The van der Waals surface area contributed by atoms with E-state index in [0.29, 0.717) is 0 Å². The lowest BCUT2D eigenvalue weighted by Crippen LogP contribution is -2.71. The van der Waals surface area contributed by atoms with Crippen LogP contribution in [-0.4, -0.2) is 348 Å². The van der Waals surface area contributed by atoms with Crippen LogP contribution < -0.4 is 14.2 Å². The summed E-state index contributed by atoms with van der Waals surface area (Å²) in [6, 6.07) is -7.28. The Kier molecular flexibility index (Phi) is 22.4. The molecule has 6 aliphatic rings. The van der Waals surface area contributed by atoms with Gasteiger partial charge in [-0.3, -0.25) is 13.7 Å². The minimum atomic E-state index is -5.63. The fraction of sp³-hybridized carbons (Fsp3) is 0.917. The number of carboxylic acids is 3. The SMILES string of the molecule is O=C(O)[C@H]1O[C@@H](O[C@H]2[C@H](O)[C@@H](NS(=O)(=O)O)[C@@H](O[C@H]3[C@H](O)[C@H](O)[C@H](O)O[C@@H]3C(=O)O)O[C@@H]2CO)[C@H](O)[C@@H](O)[C@@H]1O[C@H]1O[C@H](CO)[C@@H](O[C@@H]2O[C@H](C(=O)O)[C@@H](O[C@H]3O[C@H](CO)[C@@H](O)[C@H](O)[C@H]3NS(=O)(=O)O)[C@H](O)[C@H]2O)[C@H](O)[C@H]1NS(=O)(=O)O. The molecule has 0 aromatic carbocycles. The Balaban J connectivity index is 1.21. The molecule has 23 N–H and O–H groups in total. The summed E-state index contributed by atoms with van der Waals surface area (Å²) in [6.07, 6.45) is -65.6. The van der Waals surface area contributed by atoms with E-state index in [1.807, 2.05) is 0 Å². The monoisotopic (exact) mass is 1270 g/mol. The third kappa shape index (κ3) is 15.4. The van der Waals surface area contributed by atoms with Crippen molar-refractivity contribution in [3.05, 3.63) is 0 Å². The summed E-state index contributed by atoms with van der Waals surface area (Å²) >= 11 is 0. The highest BCUT2D eigenvalue weighted by atomic mass is 32.2. The number of ether oxygens (including phenoxy) is 11. The maximum absolute atomic E-state index is 12.7. The fourth-order valence-corrected chi connectivity index (χ4v) is 11.2. The van der Waals surface area contributed by atoms with Gasteiger partial charge in [0.25, 0.3) is 0 Å². The zero-order valence-electron chi connectivity index (χ0n) is 40.8. The Hall–Kier alpha value is -2.98. The smallest absolute Gasteiger partial charge is 0.335 e. The maximum Gasteiger partial charge on any atom is 0.335 e. The summed E-state index contributed by atoms with van der Waals surface area (Å²) in [5.74, 6) is -6.24. The van der Waals surface area contributed by atoms with Crippen molar-refractivity contribution >= 4 is 48.8 Å². The van der Waals surface area contributed by atoms with E-state index in [2.05, 4.69) is 0 Å². The summed E-state index contributed by atoms with van der Waals surface area (Å²) in [5.41, 5.74) is 0. The van der Waals surface area contributed by atoms with Crippen LogP contribution in [-0.2, 0) is 97.4 Å². The van der Waals surface area contributed by atoms with Crippen molar-refractivity contribution in [3.8, 4) is 0 Å². The second kappa shape index (κ2) is 27.0. The van der Waals surface area contributed by atoms with E-state index in [-0.39, 0.29) is 0 Å². The van der Waals surface area contributed by atoms with E-state index in [9.17, 15) is 140 Å². The highest BCUT2D eigenvalue weighted by Crippen LogP contribution is 2.37. The largest absolute Gasteiger partial charge is 0.479 e. The van der Waals surface area contributed by atoms with E-state index in [4.69, 9.17) is 52.1 Å². The first-order valence-electron chi connectivity index (χ1n) is 23.4. The van der Waals surface area contributed by atoms with Gasteiger partial charge in [0.2, 0.25) is 0 Å². The molecular formula is C36H59N3O40S3. The molecule has 6 heterocycles. The molecule has 0 aromatic rings. The second-order valence-electron chi connectivity index (χ2n) is 18.8. The van der Waals surface area contributed by atoms with Gasteiger partial charge in [-0.05, 0) is 0 Å². The standard InChI is InChI=1S/C36H59N3O40S3/c40-1-4-10(43)11(44)7(37-80(60,61)62)32(69-4)76-23-15(48)18(51)35(78-26(23)29(55)56)74-21-6(3-42)71-34(9(13(21)46)39-82(66,67)68)77-24-16(49)19(52)36(79-27(24)30(57)58)73-20-5(2-41)70-33(8(12(20)45)38-81(63,64)65)75-22-14(47)17(50)31(59)72-25(22)28(53)54/h4-27,31-52,59H,1-3H2,(H,53,54)(H,55,56)(H,57,58)(H,60,61,62)(H,63,64,65)(H,66,67,68)/t4-,5-,6-,7-,8-,9-,10-,11-,12-,13-,14-,15-,16-,17+,18-,19-,20-,21-,22+,23+,24+,25+,26+,27+,31-,32-,33-,34-,35-,36-/m1/s1. The van der Waals surface area contributed by atoms with Gasteiger partial charge in [-0.2, -0.15) is 39.4 Å². The quantitative estimate of drug-likeness (QED) is 0.0448. The average molecular weight is 1270 g/mol. The van der Waals surface area contributed by atoms with Gasteiger partial charge >= 0.3 is 48.8 Å². The number of carboxylic acid groups (broad SMARTS) is 3. The molecule has 43 nitrogen and oxygen atoms in total. The van der Waals surface area contributed by atoms with Crippen molar-refractivity contribution in [1.82, 2.24) is 14.2 Å². The average Bonchev–Trinajstić information content (AvgIpc) is 3.50. The molecule has 0 bridgehead atoms. The number of carbonyl (C=O) groups is 3. The van der Waals surface area contributed by atoms with Crippen LogP contribution >= 0.6 is 0 Å². The molecule has 0 unspecified atom stereocenters. The predicted molar refractivity (Wildman–Crippen MR) is 238 cm³/mol. The first-order chi connectivity index (χ1) is 37.9. The van der Waals surface area contributed by atoms with Crippen molar-refractivity contribution in [3.63, 3.8) is 0 Å². The van der Waals surface area contributed by atoms with Crippen LogP contribution in [0.4, 0.5) is 0 Å². The Morgan fingerprint density at radius 1 is 0.341 bits per heavy atom. The van der Waals surface area contributed by atoms with E-state index < -0.39 is 253 Å². The molecule has 6 aliphatic heterocycles. The van der Waals surface area contributed by atoms with Gasteiger partial charge in [0, 0.05) is 0 Å². The van der Waals surface area contributed by atoms with Crippen molar-refractivity contribution in [2.24, 2.45) is 0 Å². The lowest BCUT2D eigenvalue weighted by molar-refractivity contribution is -0.378. The Labute approximate surface area is 458 Å². The third-order valence-corrected chi connectivity index (χ3v) is 15.0. The Morgan fingerprint density at radius 2 is 0.622 bits per heavy atom. The van der Waals surface area contributed by atoms with Gasteiger partial charge in [-0.15, -0.1) is 0 Å². The molecule has 0 saturated carbocycles. The molecule has 0 aliphatic carbocycles. The normalized spacial score (nSPS) is 46.2. The minimum Gasteiger partial charge on any atom is -0.479 e. The van der Waals surface area contributed by atoms with Crippen LogP contribution in [0, 0.1) is 0 Å². The van der Waals surface area contributed by atoms with E-state index in [1.54, 1.807) is 0 Å². The van der Waals surface area contributed by atoms with Crippen molar-refractivity contribution in [1.29, 1.82) is 0 Å². The summed E-state index contributed by atoms with van der Waals surface area (Å²) in [4.78, 5) is 37.2. The number of aliphatic carboxylic acids is 3. The lowest BCUT2D eigenvalue weighted by Gasteiger charge is -2.50. The molecule has 82 heavy (non-hydrogen) atoms. The topological polar surface area (TPSA) is 696 Å². The second-order valence-corrected chi connectivity index (χ2v) is 22.3. The van der Waals surface area contributed by atoms with Crippen molar-refractivity contribution < 1.29 is 192 Å². The van der Waals surface area contributed by atoms with Crippen LogP contribution in [0.3, 0.4) is 0 Å². The number of rotatable bonds is 22. The molecule has 6 saturated heterocycles. The van der Waals surface area contributed by atoms with Gasteiger partial charge < -0.3 is 139 Å². The van der Waals surface area contributed by atoms with Crippen molar-refractivity contribution in [2.45, 2.75) is 184 Å². The molecule has 30 atom stereocenters. The zero-order chi connectivity index (χ0) is 61.6. The molecule has 0 spiro atoms. The molecule has 0 aromatic heterocycles. The molecule has 0 amide bonds. The molecule has 0 radical (unpaired) electrons. The predicted octanol–water partition coefficient (Wildman–Crippen LogP) is -15.6. The van der Waals surface area contributed by atoms with Crippen LogP contribution in [0.2, 0.25) is 0 Å². The Morgan fingerprint density at radius 3 is 0.927 bits per heavy atom. The Bertz CT molecular complexity index is 2540. The van der Waals surface area contributed by atoms with Gasteiger partial charge in [0.1, 0.15) is 128 Å². The molecule has 46 heteroatoms. The van der Waals surface area contributed by atoms with Gasteiger partial charge in [-0.1, -0.05) is 0 Å². The van der Waals surface area contributed by atoms with E-state index in [1.165, 1.54) is 14.2 Å². The van der Waals surface area contributed by atoms with Crippen LogP contribution in [0.5, 0.6) is 0 Å². The van der Waals surface area contributed by atoms with Crippen LogP contribution in [0.15, 0.2) is 0 Å². The zero-order valence-corrected chi connectivity index (χ0v) is 43.2. The number of aliphatic hydroxyl groups is 14. The third-order valence-electron chi connectivity index (χ3n) is 13.3. The number of hydrogen-bond acceptors (Lipinski definition) is 34.